The Bertz CT molecular complexity index is 1310. The van der Waals surface area contributed by atoms with Gasteiger partial charge in [0, 0.05) is 54.0 Å². The fraction of sp³-hybridized carbons (Fsp3) is 0.345. The Hall–Kier alpha value is -2.71. The third-order valence-corrected chi connectivity index (χ3v) is 8.54. The molecule has 192 valence electrons. The molecular weight excluding hydrogens is 600 g/mol. The number of nitrogens with zero attached hydrogens (tertiary/aromatic N) is 1. The number of hydrogen-bond donors (Lipinski definition) is 1. The number of halogens is 2. The fourth-order valence-corrected chi connectivity index (χ4v) is 7.06. The molecule has 0 aromatic heterocycles. The Morgan fingerprint density at radius 3 is 2.11 bits per heavy atom. The van der Waals surface area contributed by atoms with Gasteiger partial charge in [-0.15, -0.1) is 0 Å². The van der Waals surface area contributed by atoms with Gasteiger partial charge in [0.2, 0.25) is 0 Å². The molecule has 1 heterocycles. The topological polar surface area (TPSA) is 75.7 Å². The minimum Gasteiger partial charge on any atom is -0.481 e. The van der Waals surface area contributed by atoms with Crippen molar-refractivity contribution >= 4 is 55.0 Å². The van der Waals surface area contributed by atoms with Crippen molar-refractivity contribution in [2.45, 2.75) is 51.4 Å². The number of carbonyl (C=O) groups excluding carboxylic acids is 3. The molecule has 1 N–H and O–H groups in total. The van der Waals surface area contributed by atoms with E-state index in [1.165, 1.54) is 0 Å². The Balaban J connectivity index is 1.45. The summed E-state index contributed by atoms with van der Waals surface area (Å²) in [6.45, 7) is 1.77. The van der Waals surface area contributed by atoms with Crippen LogP contribution in [0.2, 0.25) is 0 Å². The van der Waals surface area contributed by atoms with Crippen LogP contribution in [-0.4, -0.2) is 36.0 Å². The van der Waals surface area contributed by atoms with E-state index in [0.29, 0.717) is 27.5 Å². The highest BCUT2D eigenvalue weighted by molar-refractivity contribution is 9.11. The molecule has 0 atom stereocenters. The minimum absolute atomic E-state index is 0.114. The van der Waals surface area contributed by atoms with Crippen molar-refractivity contribution in [3.05, 3.63) is 79.0 Å². The Labute approximate surface area is 233 Å². The molecular formula is C29H28Br2N2O4. The lowest BCUT2D eigenvalue weighted by Crippen LogP contribution is -2.37. The van der Waals surface area contributed by atoms with Crippen LogP contribution in [0.4, 0.5) is 5.69 Å². The second kappa shape index (κ2) is 10.6. The monoisotopic (exact) mass is 626 g/mol. The van der Waals surface area contributed by atoms with Gasteiger partial charge in [-0.1, -0.05) is 18.2 Å². The molecule has 0 saturated heterocycles. The maximum absolute atomic E-state index is 13.2. The van der Waals surface area contributed by atoms with Gasteiger partial charge in [0.15, 0.2) is 18.2 Å². The molecule has 37 heavy (non-hydrogen) atoms. The molecule has 1 amide bonds. The average Bonchev–Trinajstić information content (AvgIpc) is 2.86. The lowest BCUT2D eigenvalue weighted by Gasteiger charge is -2.42. The van der Waals surface area contributed by atoms with Crippen molar-refractivity contribution in [2.24, 2.45) is 0 Å². The summed E-state index contributed by atoms with van der Waals surface area (Å²) >= 11 is 7.22. The number of amides is 1. The molecule has 0 unspecified atom stereocenters. The highest BCUT2D eigenvalue weighted by Gasteiger charge is 2.42. The molecule has 2 aromatic rings. The third-order valence-electron chi connectivity index (χ3n) is 7.37. The zero-order chi connectivity index (χ0) is 26.3. The summed E-state index contributed by atoms with van der Waals surface area (Å²) in [6.07, 6.45) is 4.32. The van der Waals surface area contributed by atoms with E-state index in [9.17, 15) is 14.4 Å². The van der Waals surface area contributed by atoms with Crippen molar-refractivity contribution in [1.29, 1.82) is 0 Å². The number of carbonyl (C=O) groups is 3. The van der Waals surface area contributed by atoms with Gasteiger partial charge in [0.1, 0.15) is 5.75 Å². The smallest absolute Gasteiger partial charge is 0.262 e. The fourth-order valence-electron chi connectivity index (χ4n) is 5.61. The molecule has 0 bridgehead atoms. The van der Waals surface area contributed by atoms with Gasteiger partial charge < -0.3 is 15.0 Å². The van der Waals surface area contributed by atoms with Gasteiger partial charge in [-0.3, -0.25) is 14.4 Å². The summed E-state index contributed by atoms with van der Waals surface area (Å²) in [5, 5.41) is 2.87. The lowest BCUT2D eigenvalue weighted by atomic mass is 9.71. The number of para-hydroxylation sites is 1. The highest BCUT2D eigenvalue weighted by atomic mass is 79.9. The first-order chi connectivity index (χ1) is 17.8. The van der Waals surface area contributed by atoms with Crippen LogP contribution < -0.4 is 10.1 Å². The maximum atomic E-state index is 13.2. The summed E-state index contributed by atoms with van der Waals surface area (Å²) < 4.78 is 7.18. The first kappa shape index (κ1) is 25.9. The second-order valence-corrected chi connectivity index (χ2v) is 11.4. The zero-order valence-corrected chi connectivity index (χ0v) is 24.0. The van der Waals surface area contributed by atoms with Crippen LogP contribution in [0.1, 0.15) is 55.6 Å². The van der Waals surface area contributed by atoms with Gasteiger partial charge in [0.25, 0.3) is 5.91 Å². The number of hydrogen-bond acceptors (Lipinski definition) is 5. The molecule has 0 saturated carbocycles. The Morgan fingerprint density at radius 1 is 0.973 bits per heavy atom. The second-order valence-electron chi connectivity index (χ2n) is 9.73. The summed E-state index contributed by atoms with van der Waals surface area (Å²) in [7, 11) is 1.99. The number of aryl methyl sites for hydroxylation is 1. The van der Waals surface area contributed by atoms with Gasteiger partial charge in [-0.05, 0) is 93.8 Å². The van der Waals surface area contributed by atoms with E-state index in [-0.39, 0.29) is 24.1 Å². The Morgan fingerprint density at radius 2 is 1.54 bits per heavy atom. The van der Waals surface area contributed by atoms with E-state index < -0.39 is 5.92 Å². The number of Topliss-reactive ketones (excluding diaryl/α,β-unsaturated/α-hetero) is 2. The largest absolute Gasteiger partial charge is 0.481 e. The van der Waals surface area contributed by atoms with Crippen molar-refractivity contribution in [3.8, 4) is 5.75 Å². The van der Waals surface area contributed by atoms with Crippen LogP contribution in [-0.2, 0) is 14.4 Å². The minimum atomic E-state index is -0.396. The van der Waals surface area contributed by atoms with E-state index in [0.717, 1.165) is 65.0 Å². The average molecular weight is 628 g/mol. The molecule has 6 nitrogen and oxygen atoms in total. The number of ketones is 2. The standard InChI is InChI=1S/C29H28Br2N2O4/c1-16-7-3-4-8-20(16)32-25(36)15-37-29-18(30)13-17(14-19(29)31)26-27-21(9-5-11-23(27)34)33(2)22-10-6-12-24(35)28(22)26/h3-4,7-8,13-14,26H,5-6,9-12,15H2,1-2H3,(H,32,36). The molecule has 2 aliphatic carbocycles. The van der Waals surface area contributed by atoms with Crippen LogP contribution in [0, 0.1) is 6.92 Å². The number of ether oxygens (including phenoxy) is 1. The Kier molecular flexibility index (Phi) is 7.41. The van der Waals surface area contributed by atoms with Crippen LogP contribution in [0.5, 0.6) is 5.75 Å². The van der Waals surface area contributed by atoms with E-state index in [1.54, 1.807) is 0 Å². The lowest BCUT2D eigenvalue weighted by molar-refractivity contribution is -0.118. The molecule has 5 rings (SSSR count). The number of benzene rings is 2. The van der Waals surface area contributed by atoms with E-state index >= 15 is 0 Å². The van der Waals surface area contributed by atoms with E-state index in [1.807, 2.05) is 50.4 Å². The van der Waals surface area contributed by atoms with Gasteiger partial charge in [-0.25, -0.2) is 0 Å². The molecule has 0 radical (unpaired) electrons. The normalized spacial score (nSPS) is 18.1. The summed E-state index contributed by atoms with van der Waals surface area (Å²) in [5.74, 6) is 0.0578. The molecule has 8 heteroatoms. The number of allylic oxidation sites excluding steroid dienone is 4. The summed E-state index contributed by atoms with van der Waals surface area (Å²) in [4.78, 5) is 41.1. The SMILES string of the molecule is Cc1ccccc1NC(=O)COc1c(Br)cc(C2C3=C(CCCC3=O)N(C)C3=C2C(=O)CCC3)cc1Br. The van der Waals surface area contributed by atoms with Gasteiger partial charge >= 0.3 is 0 Å². The van der Waals surface area contributed by atoms with Crippen LogP contribution in [0.25, 0.3) is 0 Å². The van der Waals surface area contributed by atoms with Crippen LogP contribution >= 0.6 is 31.9 Å². The van der Waals surface area contributed by atoms with Crippen LogP contribution in [0.15, 0.2) is 67.9 Å². The van der Waals surface area contributed by atoms with Crippen molar-refractivity contribution in [3.63, 3.8) is 0 Å². The van der Waals surface area contributed by atoms with Gasteiger partial charge in [0.05, 0.1) is 8.95 Å². The van der Waals surface area contributed by atoms with Crippen LogP contribution in [0.3, 0.4) is 0 Å². The first-order valence-electron chi connectivity index (χ1n) is 12.5. The van der Waals surface area contributed by atoms with Crippen molar-refractivity contribution in [1.82, 2.24) is 4.90 Å². The molecule has 3 aliphatic rings. The maximum Gasteiger partial charge on any atom is 0.262 e. The predicted octanol–water partition coefficient (Wildman–Crippen LogP) is 6.58. The third kappa shape index (κ3) is 4.93. The number of nitrogens with one attached hydrogen (secondary N) is 1. The molecule has 0 fully saturated rings. The zero-order valence-electron chi connectivity index (χ0n) is 20.8. The van der Waals surface area contributed by atoms with Gasteiger partial charge in [-0.2, -0.15) is 0 Å². The van der Waals surface area contributed by atoms with E-state index in [4.69, 9.17) is 4.74 Å². The first-order valence-corrected chi connectivity index (χ1v) is 14.1. The van der Waals surface area contributed by atoms with E-state index in [2.05, 4.69) is 42.1 Å². The highest BCUT2D eigenvalue weighted by Crippen LogP contribution is 2.50. The number of rotatable bonds is 5. The predicted molar refractivity (Wildman–Crippen MR) is 149 cm³/mol. The molecule has 0 spiro atoms. The van der Waals surface area contributed by atoms with Crippen molar-refractivity contribution < 1.29 is 19.1 Å². The molecule has 1 aliphatic heterocycles. The van der Waals surface area contributed by atoms with Crippen molar-refractivity contribution in [2.75, 3.05) is 19.0 Å². The summed E-state index contributed by atoms with van der Waals surface area (Å²) in [5.41, 5.74) is 6.13. The number of anilines is 1. The quantitative estimate of drug-likeness (QED) is 0.405. The molecule has 2 aromatic carbocycles. The summed E-state index contributed by atoms with van der Waals surface area (Å²) in [6, 6.07) is 11.4.